The third-order valence-corrected chi connectivity index (χ3v) is 6.20. The van der Waals surface area contributed by atoms with Crippen molar-refractivity contribution in [1.82, 2.24) is 10.2 Å². The molecule has 1 heterocycles. The smallest absolute Gasteiger partial charge is 0.265 e. The molecule has 2 aromatic rings. The summed E-state index contributed by atoms with van der Waals surface area (Å²) in [5.74, 6) is 0.0234. The second-order valence-electron chi connectivity index (χ2n) is 6.69. The van der Waals surface area contributed by atoms with Gasteiger partial charge in [0.15, 0.2) is 16.6 Å². The number of carbonyl (C=O) groups is 2. The number of hydrogen-bond acceptors (Lipinski definition) is 5. The molecule has 6 nitrogen and oxygen atoms in total. The highest BCUT2D eigenvalue weighted by Gasteiger charge is 2.32. The van der Waals surface area contributed by atoms with Gasteiger partial charge in [-0.2, -0.15) is 0 Å². The summed E-state index contributed by atoms with van der Waals surface area (Å²) in [4.78, 5) is 26.5. The van der Waals surface area contributed by atoms with Crippen molar-refractivity contribution in [3.63, 3.8) is 0 Å². The number of hydrogen-bond donors (Lipinski definition) is 1. The number of amides is 2. The molecule has 1 saturated heterocycles. The van der Waals surface area contributed by atoms with Crippen molar-refractivity contribution in [1.29, 1.82) is 0 Å². The van der Waals surface area contributed by atoms with Gasteiger partial charge in [0.1, 0.15) is 12.2 Å². The summed E-state index contributed by atoms with van der Waals surface area (Å²) in [5.41, 5.74) is 1.59. The van der Waals surface area contributed by atoms with E-state index in [1.165, 1.54) is 11.0 Å². The van der Waals surface area contributed by atoms with Crippen LogP contribution in [-0.4, -0.2) is 35.0 Å². The van der Waals surface area contributed by atoms with Crippen molar-refractivity contribution in [2.75, 3.05) is 13.2 Å². The van der Waals surface area contributed by atoms with Gasteiger partial charge < -0.3 is 9.47 Å². The van der Waals surface area contributed by atoms with Gasteiger partial charge in [0.25, 0.3) is 11.8 Å². The van der Waals surface area contributed by atoms with E-state index < -0.39 is 11.8 Å². The number of rotatable bonds is 8. The van der Waals surface area contributed by atoms with Gasteiger partial charge in [-0.3, -0.25) is 19.8 Å². The van der Waals surface area contributed by atoms with E-state index >= 15 is 0 Å². The first-order valence-electron chi connectivity index (χ1n) is 9.67. The summed E-state index contributed by atoms with van der Waals surface area (Å²) in [5, 5.41) is 2.60. The zero-order chi connectivity index (χ0) is 23.3. The fraction of sp³-hybridized carbons (Fsp3) is 0.174. The van der Waals surface area contributed by atoms with Crippen molar-refractivity contribution in [2.45, 2.75) is 13.5 Å². The molecule has 166 valence electrons. The number of nitrogens with one attached hydrogen (secondary N) is 1. The molecule has 0 saturated carbocycles. The highest BCUT2D eigenvalue weighted by atomic mass is 127. The number of ether oxygens (including phenoxy) is 2. The largest absolute Gasteiger partial charge is 0.490 e. The van der Waals surface area contributed by atoms with Gasteiger partial charge in [-0.25, -0.2) is 0 Å². The maximum absolute atomic E-state index is 12.8. The molecule has 0 bridgehead atoms. The number of benzene rings is 2. The maximum atomic E-state index is 12.8. The Morgan fingerprint density at radius 2 is 1.88 bits per heavy atom. The Hall–Kier alpha value is -2.24. The molecule has 0 radical (unpaired) electrons. The van der Waals surface area contributed by atoms with Crippen LogP contribution in [0.4, 0.5) is 0 Å². The van der Waals surface area contributed by atoms with Gasteiger partial charge in [-0.1, -0.05) is 34.1 Å². The van der Waals surface area contributed by atoms with Crippen molar-refractivity contribution < 1.29 is 19.1 Å². The minimum atomic E-state index is -0.552. The van der Waals surface area contributed by atoms with Gasteiger partial charge in [0.05, 0.1) is 6.61 Å². The van der Waals surface area contributed by atoms with E-state index in [0.29, 0.717) is 34.7 Å². The van der Waals surface area contributed by atoms with Crippen molar-refractivity contribution in [3.8, 4) is 11.5 Å². The Morgan fingerprint density at radius 3 is 2.53 bits per heavy atom. The molecular formula is C23H20BrIN2O4S. The SMILES string of the molecule is C=CCN1C(=O)/C(=C/c2cc(OCC)c(OCc3ccc(I)cc3)cc2Br)C(=O)NC1=S. The van der Waals surface area contributed by atoms with Crippen LogP contribution in [0.3, 0.4) is 0 Å². The predicted octanol–water partition coefficient (Wildman–Crippen LogP) is 4.84. The fourth-order valence-electron chi connectivity index (χ4n) is 2.93. The molecule has 0 aliphatic carbocycles. The van der Waals surface area contributed by atoms with Crippen molar-refractivity contribution in [2.24, 2.45) is 0 Å². The Labute approximate surface area is 213 Å². The molecule has 2 amide bonds. The first-order chi connectivity index (χ1) is 15.3. The minimum absolute atomic E-state index is 0.0313. The summed E-state index contributed by atoms with van der Waals surface area (Å²) in [6.07, 6.45) is 3.05. The van der Waals surface area contributed by atoms with Crippen LogP contribution in [0.2, 0.25) is 0 Å². The molecule has 3 rings (SSSR count). The normalized spacial score (nSPS) is 15.0. The zero-order valence-electron chi connectivity index (χ0n) is 17.2. The lowest BCUT2D eigenvalue weighted by Crippen LogP contribution is -2.53. The second-order valence-corrected chi connectivity index (χ2v) is 9.18. The molecule has 2 aromatic carbocycles. The first kappa shape index (κ1) is 24.4. The lowest BCUT2D eigenvalue weighted by Gasteiger charge is -2.27. The minimum Gasteiger partial charge on any atom is -0.490 e. The average Bonchev–Trinajstić information content (AvgIpc) is 2.76. The first-order valence-corrected chi connectivity index (χ1v) is 11.9. The van der Waals surface area contributed by atoms with Crippen LogP contribution >= 0.6 is 50.7 Å². The van der Waals surface area contributed by atoms with Crippen LogP contribution < -0.4 is 14.8 Å². The van der Waals surface area contributed by atoms with Crippen LogP contribution in [0.5, 0.6) is 11.5 Å². The number of thiocarbonyl (C=S) groups is 1. The van der Waals surface area contributed by atoms with Crippen molar-refractivity contribution >= 4 is 73.7 Å². The summed E-state index contributed by atoms with van der Waals surface area (Å²) >= 11 is 10.9. The van der Waals surface area contributed by atoms with Gasteiger partial charge in [0, 0.05) is 14.6 Å². The van der Waals surface area contributed by atoms with E-state index in [4.69, 9.17) is 21.7 Å². The molecule has 0 spiro atoms. The molecule has 32 heavy (non-hydrogen) atoms. The third-order valence-electron chi connectivity index (χ3n) is 4.47. The van der Waals surface area contributed by atoms with E-state index in [1.807, 2.05) is 31.2 Å². The molecule has 1 aliphatic rings. The summed E-state index contributed by atoms with van der Waals surface area (Å²) in [7, 11) is 0. The monoisotopic (exact) mass is 626 g/mol. The Morgan fingerprint density at radius 1 is 1.19 bits per heavy atom. The van der Waals surface area contributed by atoms with E-state index in [9.17, 15) is 9.59 Å². The van der Waals surface area contributed by atoms with Crippen LogP contribution in [0.25, 0.3) is 6.08 Å². The lowest BCUT2D eigenvalue weighted by atomic mass is 10.1. The van der Waals surface area contributed by atoms with Crippen molar-refractivity contribution in [3.05, 3.63) is 73.8 Å². The van der Waals surface area contributed by atoms with Gasteiger partial charge >= 0.3 is 0 Å². The lowest BCUT2D eigenvalue weighted by molar-refractivity contribution is -0.128. The topological polar surface area (TPSA) is 67.9 Å². The highest BCUT2D eigenvalue weighted by molar-refractivity contribution is 14.1. The van der Waals surface area contributed by atoms with Gasteiger partial charge in [-0.15, -0.1) is 6.58 Å². The third kappa shape index (κ3) is 5.76. The standard InChI is InChI=1S/C23H20BrIN2O4S/c1-3-9-27-22(29)17(21(28)26-23(27)32)10-15-11-19(30-4-2)20(12-18(15)24)31-13-14-5-7-16(25)8-6-14/h3,5-8,10-12H,1,4,9,13H2,2H3,(H,26,28,32)/b17-10+. The van der Waals surface area contributed by atoms with Crippen LogP contribution in [0, 0.1) is 3.57 Å². The van der Waals surface area contributed by atoms with E-state index in [-0.39, 0.29) is 17.2 Å². The Balaban J connectivity index is 1.91. The summed E-state index contributed by atoms with van der Waals surface area (Å²) < 4.78 is 13.5. The number of carbonyl (C=O) groups excluding carboxylic acids is 2. The molecule has 9 heteroatoms. The number of nitrogens with zero attached hydrogens (tertiary/aromatic N) is 1. The van der Waals surface area contributed by atoms with E-state index in [2.05, 4.69) is 50.4 Å². The summed E-state index contributed by atoms with van der Waals surface area (Å²) in [6.45, 7) is 6.50. The maximum Gasteiger partial charge on any atom is 0.265 e. The Bertz CT molecular complexity index is 1100. The van der Waals surface area contributed by atoms with Crippen LogP contribution in [0.1, 0.15) is 18.1 Å². The molecule has 1 fully saturated rings. The summed E-state index contributed by atoms with van der Waals surface area (Å²) in [6, 6.07) is 11.5. The Kier molecular flexibility index (Phi) is 8.44. The highest BCUT2D eigenvalue weighted by Crippen LogP contribution is 2.36. The zero-order valence-corrected chi connectivity index (χ0v) is 21.8. The van der Waals surface area contributed by atoms with E-state index in [0.717, 1.165) is 9.13 Å². The van der Waals surface area contributed by atoms with Crippen LogP contribution in [0.15, 0.2) is 59.1 Å². The van der Waals surface area contributed by atoms with Gasteiger partial charge in [-0.05, 0) is 83.2 Å². The second kappa shape index (κ2) is 11.1. The van der Waals surface area contributed by atoms with E-state index in [1.54, 1.807) is 18.2 Å². The average molecular weight is 627 g/mol. The molecule has 0 atom stereocenters. The quantitative estimate of drug-likeness (QED) is 0.149. The molecule has 1 N–H and O–H groups in total. The molecule has 0 aromatic heterocycles. The molecule has 0 unspecified atom stereocenters. The fourth-order valence-corrected chi connectivity index (χ4v) is 3.98. The molecular weight excluding hydrogens is 607 g/mol. The molecule has 1 aliphatic heterocycles. The predicted molar refractivity (Wildman–Crippen MR) is 139 cm³/mol. The van der Waals surface area contributed by atoms with Crippen LogP contribution in [-0.2, 0) is 16.2 Å². The number of halogens is 2. The van der Waals surface area contributed by atoms with Gasteiger partial charge in [0.2, 0.25) is 0 Å².